The number of nitrogens with one attached hydrogen (secondary N) is 7. The molecular weight excluding hydrogens is 1370 g/mol. The zero-order valence-electron chi connectivity index (χ0n) is 54.3. The number of likely N-dealkylation sites (N-methyl/N-ethyl adjacent to an activating group) is 1. The Balaban J connectivity index is 1.24. The number of aliphatic hydroxyl groups is 6. The van der Waals surface area contributed by atoms with Crippen LogP contribution < -0.4 is 62.9 Å². The van der Waals surface area contributed by atoms with E-state index in [0.29, 0.717) is 0 Å². The van der Waals surface area contributed by atoms with Crippen molar-refractivity contribution in [2.75, 3.05) is 13.7 Å². The van der Waals surface area contributed by atoms with Crippen molar-refractivity contribution in [3.8, 4) is 57.1 Å². The average molecular weight is 1450 g/mol. The fraction of sp³-hybridized carbons (Fsp3) is 0.424. The second kappa shape index (κ2) is 30.2. The first kappa shape index (κ1) is 74.5. The number of hydrogen-bond donors (Lipinski definition) is 19. The number of hydrogen-bond acceptors (Lipinski definition) is 25. The fourth-order valence-corrected chi connectivity index (χ4v) is 12.9. The molecular formula is C66H75Cl2N9O24. The number of carbonyl (C=O) groups excluding carboxylic acids is 7. The van der Waals surface area contributed by atoms with E-state index in [1.165, 1.54) is 33.0 Å². The van der Waals surface area contributed by atoms with E-state index in [9.17, 15) is 75.0 Å². The highest BCUT2D eigenvalue weighted by Gasteiger charge is 2.51. The molecule has 542 valence electrons. The van der Waals surface area contributed by atoms with E-state index in [2.05, 4.69) is 37.2 Å². The normalized spacial score (nSPS) is 29.4. The molecule has 2 saturated heterocycles. The topological polar surface area (TPSA) is 530 Å². The summed E-state index contributed by atoms with van der Waals surface area (Å²) in [4.78, 5) is 117. The summed E-state index contributed by atoms with van der Waals surface area (Å²) in [5, 5.41) is 131. The number of benzene rings is 5. The van der Waals surface area contributed by atoms with Crippen molar-refractivity contribution in [2.45, 2.75) is 156 Å². The number of phenolic OH excluding ortho intramolecular Hbond substituents is 3. The minimum Gasteiger partial charge on any atom is -0.508 e. The molecule has 11 bridgehead atoms. The lowest BCUT2D eigenvalue weighted by Crippen LogP contribution is -2.64. The van der Waals surface area contributed by atoms with Gasteiger partial charge in [0.15, 0.2) is 29.9 Å². The number of amides is 7. The summed E-state index contributed by atoms with van der Waals surface area (Å²) in [5.74, 6) is -16.0. The van der Waals surface area contributed by atoms with Crippen molar-refractivity contribution in [1.29, 1.82) is 0 Å². The summed E-state index contributed by atoms with van der Waals surface area (Å²) >= 11 is 14.1. The molecule has 1 unspecified atom stereocenters. The minimum absolute atomic E-state index is 0.0975. The predicted octanol–water partition coefficient (Wildman–Crippen LogP) is 0.106. The molecule has 0 spiro atoms. The molecule has 0 aliphatic carbocycles. The monoisotopic (exact) mass is 1450 g/mol. The number of carboxylic acids is 1. The minimum atomic E-state index is -2.35. The van der Waals surface area contributed by atoms with Gasteiger partial charge in [0.05, 0.1) is 41.3 Å². The molecule has 12 rings (SSSR count). The van der Waals surface area contributed by atoms with Crippen LogP contribution in [0.25, 0.3) is 11.1 Å². The quantitative estimate of drug-likeness (QED) is 0.0743. The second-order valence-electron chi connectivity index (χ2n) is 25.7. The summed E-state index contributed by atoms with van der Waals surface area (Å²) in [7, 11) is 1.47. The number of aliphatic hydroxyl groups excluding tert-OH is 6. The predicted molar refractivity (Wildman–Crippen MR) is 349 cm³/mol. The summed E-state index contributed by atoms with van der Waals surface area (Å²) in [6.07, 6.45) is -18.6. The number of aliphatic carboxylic acids is 1. The first-order valence-electron chi connectivity index (χ1n) is 31.6. The van der Waals surface area contributed by atoms with Crippen LogP contribution in [0.4, 0.5) is 0 Å². The van der Waals surface area contributed by atoms with E-state index in [-0.39, 0.29) is 46.2 Å². The maximum absolute atomic E-state index is 16.0. The molecule has 0 saturated carbocycles. The van der Waals surface area contributed by atoms with Crippen molar-refractivity contribution in [3.05, 3.63) is 117 Å². The summed E-state index contributed by atoms with van der Waals surface area (Å²) < 4.78 is 38.3. The Hall–Kier alpha value is -9.20. The van der Waals surface area contributed by atoms with Crippen LogP contribution in [0.1, 0.15) is 105 Å². The Kier molecular flexibility index (Phi) is 22.2. The van der Waals surface area contributed by atoms with E-state index in [1.54, 1.807) is 0 Å². The molecule has 5 aromatic carbocycles. The number of phenols is 3. The highest BCUT2D eigenvalue weighted by Crippen LogP contribution is 2.50. The van der Waals surface area contributed by atoms with Crippen LogP contribution >= 0.6 is 23.2 Å². The van der Waals surface area contributed by atoms with Crippen molar-refractivity contribution in [1.82, 2.24) is 37.2 Å². The van der Waals surface area contributed by atoms with Crippen LogP contribution in [0, 0.1) is 5.92 Å². The number of nitrogens with two attached hydrogens (primary N) is 2. The van der Waals surface area contributed by atoms with E-state index in [0.717, 1.165) is 66.7 Å². The van der Waals surface area contributed by atoms with Gasteiger partial charge in [0.1, 0.15) is 89.5 Å². The van der Waals surface area contributed by atoms with Crippen molar-refractivity contribution in [2.24, 2.45) is 17.4 Å². The Morgan fingerprint density at radius 3 is 1.90 bits per heavy atom. The maximum atomic E-state index is 16.0. The number of primary amides is 1. The van der Waals surface area contributed by atoms with Crippen LogP contribution in [-0.4, -0.2) is 191 Å². The first-order chi connectivity index (χ1) is 47.7. The number of ether oxygens (including phenoxy) is 6. The molecule has 0 aromatic heterocycles. The summed E-state index contributed by atoms with van der Waals surface area (Å²) in [6.45, 7) is 5.66. The van der Waals surface area contributed by atoms with Gasteiger partial charge in [0.2, 0.25) is 53.4 Å². The lowest BCUT2D eigenvalue weighted by atomic mass is 9.86. The number of carboxylic acid groups (broad SMARTS) is 1. The Morgan fingerprint density at radius 1 is 0.713 bits per heavy atom. The van der Waals surface area contributed by atoms with Gasteiger partial charge in [-0.15, -0.1) is 0 Å². The lowest BCUT2D eigenvalue weighted by Gasteiger charge is -2.47. The SMILES string of the molecule is CN[C@H](CC(C)C)C(=O)NC1C(=O)N[C@@H](CC(N)=O)C(=O)N[C@H]2C(=O)N[C@H]3C(=O)N[C@H](C(=O)N[C@H](C(=O)O)c4cc(O)cc(O)c4-c4cc3ccc4O)[C@H](O)c3ccc(c(Cl)c3)Oc3cc2cc(c3O[C@@H]2O[C@H](CO)[C@@H](O)[C@H](O)[C@H]2O[C@H]2C[C@](C)(N)[C@H](O)[C@H](C)O2)Oc2ccc(cc2Cl)[C@H]1O. The number of rotatable bonds is 13. The van der Waals surface area contributed by atoms with Gasteiger partial charge in [-0.3, -0.25) is 33.6 Å². The molecule has 2 fully saturated rings. The highest BCUT2D eigenvalue weighted by molar-refractivity contribution is 6.32. The smallest absolute Gasteiger partial charge is 0.330 e. The Labute approximate surface area is 584 Å². The Bertz CT molecular complexity index is 4070. The van der Waals surface area contributed by atoms with Crippen LogP contribution in [0.3, 0.4) is 0 Å². The molecule has 7 heterocycles. The van der Waals surface area contributed by atoms with Gasteiger partial charge in [-0.2, -0.15) is 0 Å². The average Bonchev–Trinajstić information content (AvgIpc) is 0.775. The first-order valence-corrected chi connectivity index (χ1v) is 32.4. The lowest BCUT2D eigenvalue weighted by molar-refractivity contribution is -0.333. The van der Waals surface area contributed by atoms with E-state index in [4.69, 9.17) is 63.1 Å². The molecule has 21 N–H and O–H groups in total. The van der Waals surface area contributed by atoms with Crippen LogP contribution in [-0.2, 0) is 52.6 Å². The summed E-state index contributed by atoms with van der Waals surface area (Å²) in [5.41, 5.74) is 8.00. The highest BCUT2D eigenvalue weighted by atomic mass is 35.5. The second-order valence-corrected chi connectivity index (χ2v) is 26.5. The zero-order chi connectivity index (χ0) is 73.5. The molecule has 5 aromatic rings. The molecule has 18 atom stereocenters. The van der Waals surface area contributed by atoms with Gasteiger partial charge in [-0.25, -0.2) is 4.79 Å². The van der Waals surface area contributed by atoms with Crippen LogP contribution in [0.2, 0.25) is 10.0 Å². The third-order valence-electron chi connectivity index (χ3n) is 17.8. The van der Waals surface area contributed by atoms with E-state index < -0.39 is 237 Å². The van der Waals surface area contributed by atoms with Crippen LogP contribution in [0.15, 0.2) is 78.9 Å². The van der Waals surface area contributed by atoms with Gasteiger partial charge in [0, 0.05) is 34.7 Å². The third-order valence-corrected chi connectivity index (χ3v) is 18.4. The number of halogens is 2. The fourth-order valence-electron chi connectivity index (χ4n) is 12.5. The van der Waals surface area contributed by atoms with E-state index >= 15 is 14.4 Å². The Morgan fingerprint density at radius 2 is 1.32 bits per heavy atom. The van der Waals surface area contributed by atoms with Crippen LogP contribution in [0.5, 0.6) is 46.0 Å². The van der Waals surface area contributed by atoms with Crippen molar-refractivity contribution >= 4 is 70.5 Å². The van der Waals surface area contributed by atoms with E-state index in [1.807, 2.05) is 13.8 Å². The molecule has 7 aliphatic rings. The molecule has 101 heavy (non-hydrogen) atoms. The number of fused-ring (bicyclic) bond motifs is 15. The largest absolute Gasteiger partial charge is 0.508 e. The van der Waals surface area contributed by atoms with Gasteiger partial charge in [-0.05, 0) is 110 Å². The maximum Gasteiger partial charge on any atom is 0.330 e. The van der Waals surface area contributed by atoms with Gasteiger partial charge >= 0.3 is 5.97 Å². The molecule has 33 nitrogen and oxygen atoms in total. The molecule has 7 aliphatic heterocycles. The third kappa shape index (κ3) is 15.8. The number of carbonyl (C=O) groups is 8. The van der Waals surface area contributed by atoms with Gasteiger partial charge in [-0.1, -0.05) is 55.2 Å². The van der Waals surface area contributed by atoms with Crippen molar-refractivity contribution < 1.29 is 118 Å². The number of aromatic hydroxyl groups is 3. The molecule has 35 heteroatoms. The standard InChI is InChI=1S/C66H75Cl2N9O24/c1-23(2)12-34(71-5)58(88)76-49-51(83)26-7-10-38(32(67)14-26)97-40-16-28-17-41(55(40)101-65-56(54(86)53(85)42(22-78)99-65)100-44-21-66(4,70)57(87)24(3)96-44)98-39-11-8-27(15-33(39)68)52(84)50-63(93)75-48(64(94)95)31-18-29(79)19-37(81)45(31)30-13-25(6-9-36(30)80)46(60(90)77-50)74-61(91)47(28)73-59(89)35(20-43(69)82)72-62(49)92/h6-11,13-19,23-24,34-35,42,44,46-54,56-57,65,71,78-81,83-87H,12,20-22,70H2,1-5H3,(H2,69,82)(H,72,92)(H,73,89)(H,74,91)(H,75,93)(H,76,88)(H,77,90)(H,94,95)/t24-,34+,35-,42+,44-,46+,47+,48-,49?,50-,51+,52+,53+,54-,56+,57+,65-,66-/m0/s1. The molecule has 0 radical (unpaired) electrons. The zero-order valence-corrected chi connectivity index (χ0v) is 55.8. The van der Waals surface area contributed by atoms with Gasteiger partial charge in [0.25, 0.3) is 0 Å². The van der Waals surface area contributed by atoms with Crippen molar-refractivity contribution in [3.63, 3.8) is 0 Å². The summed E-state index contributed by atoms with van der Waals surface area (Å²) in [6, 6.07) is -0.679. The molecule has 7 amide bonds. The van der Waals surface area contributed by atoms with Gasteiger partial charge < -0.3 is 128 Å².